The van der Waals surface area contributed by atoms with Gasteiger partial charge in [-0.1, -0.05) is 47.5 Å². The smallest absolute Gasteiger partial charge is 0.270 e. The predicted octanol–water partition coefficient (Wildman–Crippen LogP) is 6.64. The topological polar surface area (TPSA) is 82.4 Å². The molecule has 36 heavy (non-hydrogen) atoms. The average molecular weight is 713 g/mol. The van der Waals surface area contributed by atoms with Gasteiger partial charge in [-0.2, -0.15) is 5.26 Å². The van der Waals surface area contributed by atoms with E-state index in [0.29, 0.717) is 21.3 Å². The molecule has 0 bridgehead atoms. The highest BCUT2D eigenvalue weighted by Gasteiger charge is 2.35. The maximum absolute atomic E-state index is 13.3. The van der Waals surface area contributed by atoms with Gasteiger partial charge in [-0.3, -0.25) is 19.8 Å². The normalized spacial score (nSPS) is 14.6. The molecule has 0 aromatic heterocycles. The summed E-state index contributed by atoms with van der Waals surface area (Å²) in [4.78, 5) is 27.1. The van der Waals surface area contributed by atoms with Crippen LogP contribution in [0.1, 0.15) is 16.7 Å². The van der Waals surface area contributed by atoms with Crippen molar-refractivity contribution < 1.29 is 14.3 Å². The summed E-state index contributed by atoms with van der Waals surface area (Å²) < 4.78 is 7.32. The molecule has 4 rings (SSSR count). The van der Waals surface area contributed by atoms with Crippen LogP contribution in [-0.2, 0) is 16.2 Å². The molecule has 0 aliphatic carbocycles. The van der Waals surface area contributed by atoms with Crippen molar-refractivity contribution in [1.82, 2.24) is 5.32 Å². The molecule has 1 N–H and O–H groups in total. The zero-order valence-electron chi connectivity index (χ0n) is 18.0. The van der Waals surface area contributed by atoms with Gasteiger partial charge in [0.25, 0.3) is 11.8 Å². The SMILES string of the molecule is N#Cc1ccccc1COc1c(Br)cc(/C=C2\C(=O)NC(=S)N(c3cccc(Cl)c3Cl)C2=O)cc1I. The number of amides is 2. The second-order valence-electron chi connectivity index (χ2n) is 7.40. The Kier molecular flexibility index (Phi) is 8.32. The van der Waals surface area contributed by atoms with Crippen LogP contribution >= 0.6 is 73.9 Å². The Morgan fingerprint density at radius 3 is 2.64 bits per heavy atom. The maximum atomic E-state index is 13.3. The van der Waals surface area contributed by atoms with Crippen LogP contribution in [0.4, 0.5) is 5.69 Å². The summed E-state index contributed by atoms with van der Waals surface area (Å²) in [6, 6.07) is 17.6. The van der Waals surface area contributed by atoms with Crippen molar-refractivity contribution in [2.45, 2.75) is 6.61 Å². The molecule has 3 aromatic rings. The van der Waals surface area contributed by atoms with Crippen LogP contribution < -0.4 is 15.0 Å². The Morgan fingerprint density at radius 2 is 1.92 bits per heavy atom. The summed E-state index contributed by atoms with van der Waals surface area (Å²) in [7, 11) is 0. The number of anilines is 1. The van der Waals surface area contributed by atoms with Crippen molar-refractivity contribution >= 4 is 103 Å². The molecule has 0 atom stereocenters. The first-order valence-corrected chi connectivity index (χ1v) is 13.2. The van der Waals surface area contributed by atoms with Gasteiger partial charge in [0.15, 0.2) is 5.11 Å². The van der Waals surface area contributed by atoms with E-state index in [-0.39, 0.29) is 33.0 Å². The molecular formula is C25H13BrCl2IN3O3S. The molecule has 1 aliphatic heterocycles. The number of ether oxygens (including phenoxy) is 1. The lowest BCUT2D eigenvalue weighted by Gasteiger charge is -2.29. The van der Waals surface area contributed by atoms with E-state index in [2.05, 4.69) is 49.9 Å². The van der Waals surface area contributed by atoms with Crippen LogP contribution in [-0.4, -0.2) is 16.9 Å². The quantitative estimate of drug-likeness (QED) is 0.139. The van der Waals surface area contributed by atoms with E-state index >= 15 is 0 Å². The number of thiocarbonyl (C=S) groups is 1. The summed E-state index contributed by atoms with van der Waals surface area (Å²) >= 11 is 23.2. The second kappa shape index (κ2) is 11.3. The number of carbonyl (C=O) groups excluding carboxylic acids is 2. The molecule has 11 heteroatoms. The molecule has 1 saturated heterocycles. The van der Waals surface area contributed by atoms with E-state index < -0.39 is 11.8 Å². The fraction of sp³-hybridized carbons (Fsp3) is 0.0400. The number of halogens is 4. The number of nitrogens with one attached hydrogen (secondary N) is 1. The van der Waals surface area contributed by atoms with Crippen LogP contribution in [0.2, 0.25) is 10.0 Å². The number of hydrogen-bond acceptors (Lipinski definition) is 5. The summed E-state index contributed by atoms with van der Waals surface area (Å²) in [6.45, 7) is 0.201. The molecule has 0 radical (unpaired) electrons. The highest BCUT2D eigenvalue weighted by atomic mass is 127. The highest BCUT2D eigenvalue weighted by Crippen LogP contribution is 2.36. The Hall–Kier alpha value is -2.49. The first kappa shape index (κ1) is 26.6. The predicted molar refractivity (Wildman–Crippen MR) is 155 cm³/mol. The van der Waals surface area contributed by atoms with Gasteiger partial charge in [0.05, 0.1) is 35.4 Å². The van der Waals surface area contributed by atoms with Crippen LogP contribution in [0.3, 0.4) is 0 Å². The van der Waals surface area contributed by atoms with Gasteiger partial charge in [-0.25, -0.2) is 0 Å². The Labute approximate surface area is 244 Å². The third-order valence-corrected chi connectivity index (χ3v) is 7.60. The maximum Gasteiger partial charge on any atom is 0.270 e. The van der Waals surface area contributed by atoms with Crippen molar-refractivity contribution in [1.29, 1.82) is 5.26 Å². The van der Waals surface area contributed by atoms with E-state index in [0.717, 1.165) is 14.0 Å². The van der Waals surface area contributed by atoms with Crippen LogP contribution in [0.25, 0.3) is 6.08 Å². The molecule has 0 unspecified atom stereocenters. The van der Waals surface area contributed by atoms with Crippen LogP contribution in [0.15, 0.2) is 64.6 Å². The van der Waals surface area contributed by atoms with Gasteiger partial charge >= 0.3 is 0 Å². The van der Waals surface area contributed by atoms with Crippen molar-refractivity contribution in [2.75, 3.05) is 4.90 Å². The molecule has 0 spiro atoms. The molecule has 1 aliphatic rings. The van der Waals surface area contributed by atoms with E-state index in [1.807, 2.05) is 12.1 Å². The number of rotatable bonds is 5. The minimum Gasteiger partial charge on any atom is -0.487 e. The Morgan fingerprint density at radius 1 is 1.17 bits per heavy atom. The molecule has 1 heterocycles. The zero-order valence-corrected chi connectivity index (χ0v) is 24.1. The standard InChI is InChI=1S/C25H13BrCl2IN3O3S/c26-17-9-13(10-19(29)22(17)35-12-15-5-2-1-4-14(15)11-30)8-16-23(33)31-25(36)32(24(16)34)20-7-3-6-18(27)21(20)28/h1-10H,12H2,(H,31,33,36)/b16-8+. The molecule has 6 nitrogen and oxygen atoms in total. The van der Waals surface area contributed by atoms with Gasteiger partial charge in [-0.05, 0) is 92.7 Å². The third-order valence-electron chi connectivity index (χ3n) is 5.12. The molecule has 0 saturated carbocycles. The lowest BCUT2D eigenvalue weighted by molar-refractivity contribution is -0.122. The largest absolute Gasteiger partial charge is 0.487 e. The minimum absolute atomic E-state index is 0.0940. The number of carbonyl (C=O) groups is 2. The average Bonchev–Trinajstić information content (AvgIpc) is 2.84. The van der Waals surface area contributed by atoms with Crippen molar-refractivity contribution in [3.8, 4) is 11.8 Å². The van der Waals surface area contributed by atoms with E-state index in [1.54, 1.807) is 42.5 Å². The number of nitrogens with zero attached hydrogens (tertiary/aromatic N) is 2. The van der Waals surface area contributed by atoms with E-state index in [1.165, 1.54) is 6.08 Å². The Balaban J connectivity index is 1.64. The third kappa shape index (κ3) is 5.43. The van der Waals surface area contributed by atoms with Crippen molar-refractivity contribution in [3.63, 3.8) is 0 Å². The van der Waals surface area contributed by atoms with Crippen LogP contribution in [0.5, 0.6) is 5.75 Å². The first-order chi connectivity index (χ1) is 17.2. The number of benzene rings is 3. The van der Waals surface area contributed by atoms with Gasteiger partial charge in [0.2, 0.25) is 0 Å². The highest BCUT2D eigenvalue weighted by molar-refractivity contribution is 14.1. The molecule has 180 valence electrons. The van der Waals surface area contributed by atoms with Gasteiger partial charge in [0.1, 0.15) is 17.9 Å². The number of nitriles is 1. The zero-order chi connectivity index (χ0) is 26.0. The molecular weight excluding hydrogens is 700 g/mol. The van der Waals surface area contributed by atoms with Gasteiger partial charge in [0, 0.05) is 5.56 Å². The van der Waals surface area contributed by atoms with E-state index in [4.69, 9.17) is 40.2 Å². The van der Waals surface area contributed by atoms with Crippen molar-refractivity contribution in [3.05, 3.63) is 94.9 Å². The van der Waals surface area contributed by atoms with E-state index in [9.17, 15) is 14.9 Å². The monoisotopic (exact) mass is 711 g/mol. The fourth-order valence-electron chi connectivity index (χ4n) is 3.41. The van der Waals surface area contributed by atoms with Crippen molar-refractivity contribution in [2.24, 2.45) is 0 Å². The molecule has 3 aromatic carbocycles. The molecule has 1 fully saturated rings. The Bertz CT molecular complexity index is 1480. The summed E-state index contributed by atoms with van der Waals surface area (Å²) in [5.41, 5.74) is 2.02. The fourth-order valence-corrected chi connectivity index (χ4v) is 5.84. The van der Waals surface area contributed by atoms with Gasteiger partial charge in [-0.15, -0.1) is 0 Å². The number of hydrogen-bond donors (Lipinski definition) is 1. The first-order valence-electron chi connectivity index (χ1n) is 10.2. The lowest BCUT2D eigenvalue weighted by Crippen LogP contribution is -2.54. The van der Waals surface area contributed by atoms with Gasteiger partial charge < -0.3 is 4.74 Å². The summed E-state index contributed by atoms with van der Waals surface area (Å²) in [5.74, 6) is -0.690. The lowest BCUT2D eigenvalue weighted by atomic mass is 10.1. The van der Waals surface area contributed by atoms with Crippen LogP contribution in [0, 0.1) is 14.9 Å². The second-order valence-corrected chi connectivity index (χ2v) is 10.6. The summed E-state index contributed by atoms with van der Waals surface area (Å²) in [5, 5.41) is 12.1. The minimum atomic E-state index is -0.632. The molecule has 2 amide bonds. The summed E-state index contributed by atoms with van der Waals surface area (Å²) in [6.07, 6.45) is 1.46.